The minimum absolute atomic E-state index is 0.162. The average molecular weight is 827 g/mol. The van der Waals surface area contributed by atoms with Gasteiger partial charge in [-0.3, -0.25) is 0 Å². The van der Waals surface area contributed by atoms with Crippen LogP contribution in [-0.2, 0) is 0 Å². The van der Waals surface area contributed by atoms with Crippen LogP contribution in [0.2, 0.25) is 0 Å². The second-order valence-corrected chi connectivity index (χ2v) is 16.6. The van der Waals surface area contributed by atoms with Crippen molar-refractivity contribution in [2.24, 2.45) is 0 Å². The molecule has 0 unspecified atom stereocenters. The number of fused-ring (bicyclic) bond motifs is 9. The highest BCUT2D eigenvalue weighted by Crippen LogP contribution is 2.46. The number of rotatable bonds is 6. The molecule has 4 heterocycles. The van der Waals surface area contributed by atoms with Crippen LogP contribution < -0.4 is 0 Å². The van der Waals surface area contributed by atoms with E-state index in [0.717, 1.165) is 91.8 Å². The molecule has 294 valence electrons. The van der Waals surface area contributed by atoms with E-state index in [1.165, 1.54) is 11.3 Å². The molecule has 9 aromatic carbocycles. The van der Waals surface area contributed by atoms with Gasteiger partial charge in [0.15, 0.2) is 17.5 Å². The summed E-state index contributed by atoms with van der Waals surface area (Å²) in [5.74, 6) is 1.50. The van der Waals surface area contributed by atoms with E-state index in [-0.39, 0.29) is 29.7 Å². The first-order valence-corrected chi connectivity index (χ1v) is 21.6. The summed E-state index contributed by atoms with van der Waals surface area (Å²) in [5.41, 5.74) is 9.32. The third-order valence-electron chi connectivity index (χ3n) is 12.0. The lowest BCUT2D eigenvalue weighted by Gasteiger charge is -2.13. The highest BCUT2D eigenvalue weighted by Gasteiger charge is 2.22. The summed E-state index contributed by atoms with van der Waals surface area (Å²) in [6.45, 7) is 0. The van der Waals surface area contributed by atoms with Crippen LogP contribution in [0.1, 0.15) is 6.85 Å². The summed E-state index contributed by atoms with van der Waals surface area (Å²) in [4.78, 5) is 15.9. The Labute approximate surface area is 373 Å². The summed E-state index contributed by atoms with van der Waals surface area (Å²) < 4.78 is 49.7. The van der Waals surface area contributed by atoms with Gasteiger partial charge in [-0.2, -0.15) is 0 Å². The number of hydrogen-bond donors (Lipinski definition) is 0. The van der Waals surface area contributed by atoms with E-state index >= 15 is 0 Å². The third-order valence-corrected chi connectivity index (χ3v) is 13.3. The van der Waals surface area contributed by atoms with E-state index in [1.54, 1.807) is 0 Å². The normalized spacial score (nSPS) is 12.9. The maximum absolute atomic E-state index is 9.00. The molecule has 0 saturated carbocycles. The lowest BCUT2D eigenvalue weighted by atomic mass is 10.0. The van der Waals surface area contributed by atoms with Gasteiger partial charge in [-0.1, -0.05) is 164 Å². The van der Waals surface area contributed by atoms with Crippen molar-refractivity contribution in [3.05, 3.63) is 212 Å². The van der Waals surface area contributed by atoms with E-state index in [0.29, 0.717) is 23.0 Å². The van der Waals surface area contributed by atoms with E-state index in [9.17, 15) is 0 Å². The molecule has 6 heteroatoms. The fourth-order valence-electron chi connectivity index (χ4n) is 9.27. The monoisotopic (exact) mass is 826 g/mol. The molecule has 0 saturated heterocycles. The van der Waals surface area contributed by atoms with Gasteiger partial charge in [0.1, 0.15) is 0 Å². The maximum atomic E-state index is 9.00. The molecule has 0 N–H and O–H groups in total. The Balaban J connectivity index is 1.13. The van der Waals surface area contributed by atoms with Crippen molar-refractivity contribution in [2.75, 3.05) is 0 Å². The molecular formula is C57H35N5S. The fourth-order valence-corrected chi connectivity index (χ4v) is 10.6. The Kier molecular flexibility index (Phi) is 6.94. The number of para-hydroxylation sites is 4. The molecule has 5 nitrogen and oxygen atoms in total. The molecule has 0 aliphatic heterocycles. The minimum atomic E-state index is -0.425. The highest BCUT2D eigenvalue weighted by atomic mass is 32.1. The van der Waals surface area contributed by atoms with Crippen LogP contribution in [0.3, 0.4) is 0 Å². The summed E-state index contributed by atoms with van der Waals surface area (Å²) >= 11 is 1.51. The van der Waals surface area contributed by atoms with Gasteiger partial charge < -0.3 is 9.13 Å². The van der Waals surface area contributed by atoms with Crippen molar-refractivity contribution in [3.63, 3.8) is 0 Å². The van der Waals surface area contributed by atoms with Gasteiger partial charge in [0.2, 0.25) is 0 Å². The molecular weight excluding hydrogens is 787 g/mol. The average Bonchev–Trinajstić information content (AvgIpc) is 4.05. The molecule has 4 aromatic heterocycles. The minimum Gasteiger partial charge on any atom is -0.309 e. The summed E-state index contributed by atoms with van der Waals surface area (Å²) in [6, 6.07) is 60.5. The first-order chi connectivity index (χ1) is 33.3. The predicted octanol–water partition coefficient (Wildman–Crippen LogP) is 15.1. The van der Waals surface area contributed by atoms with Gasteiger partial charge in [0.25, 0.3) is 0 Å². The first-order valence-electron chi connectivity index (χ1n) is 23.3. The highest BCUT2D eigenvalue weighted by molar-refractivity contribution is 7.26. The number of aromatic nitrogens is 5. The number of thiophene rings is 1. The van der Waals surface area contributed by atoms with Crippen molar-refractivity contribution >= 4 is 75.1 Å². The van der Waals surface area contributed by atoms with Crippen LogP contribution in [0.4, 0.5) is 0 Å². The zero-order valence-corrected chi connectivity index (χ0v) is 34.3. The summed E-state index contributed by atoms with van der Waals surface area (Å²) in [6.07, 6.45) is 0. The molecule has 13 aromatic rings. The Hall–Kier alpha value is -8.19. The van der Waals surface area contributed by atoms with Crippen molar-refractivity contribution in [3.8, 4) is 56.7 Å². The molecule has 0 aliphatic rings. The summed E-state index contributed by atoms with van der Waals surface area (Å²) in [5, 5.41) is 6.32. The molecule has 0 aliphatic carbocycles. The molecule has 0 radical (unpaired) electrons. The first kappa shape index (κ1) is 30.8. The Morgan fingerprint density at radius 1 is 0.349 bits per heavy atom. The van der Waals surface area contributed by atoms with E-state index in [2.05, 4.69) is 137 Å². The second-order valence-electron chi connectivity index (χ2n) is 15.6. The van der Waals surface area contributed by atoms with Crippen LogP contribution in [0, 0.1) is 0 Å². The Bertz CT molecular complexity index is 4140. The molecule has 63 heavy (non-hydrogen) atoms. The summed E-state index contributed by atoms with van der Waals surface area (Å²) in [7, 11) is 0. The van der Waals surface area contributed by atoms with Crippen LogP contribution in [0.5, 0.6) is 0 Å². The second kappa shape index (κ2) is 14.2. The molecule has 0 amide bonds. The molecule has 0 bridgehead atoms. The Morgan fingerprint density at radius 3 is 1.57 bits per heavy atom. The number of hydrogen-bond acceptors (Lipinski definition) is 4. The largest absolute Gasteiger partial charge is 0.309 e. The lowest BCUT2D eigenvalue weighted by molar-refractivity contribution is 1.07. The molecule has 0 spiro atoms. The van der Waals surface area contributed by atoms with Crippen LogP contribution in [-0.4, -0.2) is 24.1 Å². The van der Waals surface area contributed by atoms with Crippen LogP contribution in [0.15, 0.2) is 212 Å². The molecule has 0 atom stereocenters. The van der Waals surface area contributed by atoms with Crippen LogP contribution >= 0.6 is 11.3 Å². The van der Waals surface area contributed by atoms with Gasteiger partial charge in [-0.15, -0.1) is 11.3 Å². The predicted molar refractivity (Wildman–Crippen MR) is 263 cm³/mol. The van der Waals surface area contributed by atoms with Gasteiger partial charge >= 0.3 is 0 Å². The molecule has 13 rings (SSSR count). The van der Waals surface area contributed by atoms with Gasteiger partial charge in [-0.25, -0.2) is 15.0 Å². The van der Waals surface area contributed by atoms with Gasteiger partial charge in [0.05, 0.1) is 28.9 Å². The standard InChI is InChI=1S/C57H35N5S/c1-4-17-36(18-5-1)41-26-16-27-46-47-34-40(62-50-29-14-10-23-42(50)43-24-11-15-30-51(43)62)35-48(54(47)63-53(41)46)57-59-55(37-19-6-2-7-20-37)58-56(60-57)38-31-32-45-44-25-12-13-28-49(44)61(52(45)33-38)39-21-8-3-9-22-39/h1-35H/i1D,4D,5D,17D,18D. The maximum Gasteiger partial charge on any atom is 0.165 e. The van der Waals surface area contributed by atoms with Gasteiger partial charge in [0, 0.05) is 69.8 Å². The number of benzene rings is 9. The topological polar surface area (TPSA) is 48.5 Å². The fraction of sp³-hybridized carbons (Fsp3) is 0. The van der Waals surface area contributed by atoms with Crippen molar-refractivity contribution in [1.82, 2.24) is 24.1 Å². The molecule has 0 fully saturated rings. The Morgan fingerprint density at radius 2 is 0.889 bits per heavy atom. The van der Waals surface area contributed by atoms with Crippen molar-refractivity contribution < 1.29 is 6.85 Å². The zero-order chi connectivity index (χ0) is 45.8. The zero-order valence-electron chi connectivity index (χ0n) is 38.5. The number of nitrogens with zero attached hydrogens (tertiary/aromatic N) is 5. The van der Waals surface area contributed by atoms with E-state index in [4.69, 9.17) is 21.8 Å². The van der Waals surface area contributed by atoms with Crippen molar-refractivity contribution in [2.45, 2.75) is 0 Å². The SMILES string of the molecule is [2H]c1c([2H])c([2H])c(-c2cccc3c2sc2c(-c4nc(-c5ccccc5)nc(-c5ccc6c7ccccc7n(-c7ccccc7)c6c5)n4)cc(-n4c5ccccc5c5ccccc54)cc23)c([2H])c1[2H]. The van der Waals surface area contributed by atoms with Gasteiger partial charge in [-0.05, 0) is 59.7 Å². The van der Waals surface area contributed by atoms with Crippen molar-refractivity contribution in [1.29, 1.82) is 0 Å². The third kappa shape index (κ3) is 5.66. The van der Waals surface area contributed by atoms with Crippen LogP contribution in [0.25, 0.3) is 120 Å². The quantitative estimate of drug-likeness (QED) is 0.168. The van der Waals surface area contributed by atoms with E-state index in [1.807, 2.05) is 54.6 Å². The lowest BCUT2D eigenvalue weighted by Crippen LogP contribution is -2.02. The smallest absolute Gasteiger partial charge is 0.165 e. The van der Waals surface area contributed by atoms with E-state index < -0.39 is 6.04 Å².